The Morgan fingerprint density at radius 3 is 2.53 bits per heavy atom. The lowest BCUT2D eigenvalue weighted by molar-refractivity contribution is 0.121. The highest BCUT2D eigenvalue weighted by Crippen LogP contribution is 2.19. The van der Waals surface area contributed by atoms with Crippen molar-refractivity contribution in [2.24, 2.45) is 0 Å². The molecule has 4 heteroatoms. The SMILES string of the molecule is CCOCCN(C)CCC(NC)c1ccc(Br)cc1. The van der Waals surface area contributed by atoms with E-state index in [-0.39, 0.29) is 0 Å². The van der Waals surface area contributed by atoms with Crippen LogP contribution in [0.5, 0.6) is 0 Å². The van der Waals surface area contributed by atoms with Gasteiger partial charge in [0.2, 0.25) is 0 Å². The largest absolute Gasteiger partial charge is 0.380 e. The van der Waals surface area contributed by atoms with Crippen molar-refractivity contribution in [1.29, 1.82) is 0 Å². The number of likely N-dealkylation sites (N-methyl/N-ethyl adjacent to an activating group) is 1. The predicted octanol–water partition coefficient (Wildman–Crippen LogP) is 3.07. The number of nitrogens with one attached hydrogen (secondary N) is 1. The molecule has 0 aliphatic carbocycles. The lowest BCUT2D eigenvalue weighted by Gasteiger charge is -2.21. The quantitative estimate of drug-likeness (QED) is 0.705. The first-order valence-corrected chi connectivity index (χ1v) is 7.65. The molecule has 1 N–H and O–H groups in total. The molecule has 1 unspecified atom stereocenters. The van der Waals surface area contributed by atoms with Crippen molar-refractivity contribution in [2.45, 2.75) is 19.4 Å². The van der Waals surface area contributed by atoms with Crippen molar-refractivity contribution in [3.63, 3.8) is 0 Å². The van der Waals surface area contributed by atoms with Gasteiger partial charge in [-0.15, -0.1) is 0 Å². The third-order valence-electron chi connectivity index (χ3n) is 3.24. The second-order valence-electron chi connectivity index (χ2n) is 4.68. The van der Waals surface area contributed by atoms with Crippen molar-refractivity contribution in [3.05, 3.63) is 34.3 Å². The topological polar surface area (TPSA) is 24.5 Å². The molecule has 0 radical (unpaired) electrons. The number of hydrogen-bond acceptors (Lipinski definition) is 3. The van der Waals surface area contributed by atoms with Crippen LogP contribution in [0.2, 0.25) is 0 Å². The molecular formula is C15H25BrN2O. The molecule has 108 valence electrons. The van der Waals surface area contributed by atoms with E-state index >= 15 is 0 Å². The zero-order valence-electron chi connectivity index (χ0n) is 12.2. The van der Waals surface area contributed by atoms with Crippen LogP contribution < -0.4 is 5.32 Å². The van der Waals surface area contributed by atoms with Crippen LogP contribution in [0, 0.1) is 0 Å². The molecule has 1 atom stereocenters. The maximum Gasteiger partial charge on any atom is 0.0593 e. The van der Waals surface area contributed by atoms with Gasteiger partial charge >= 0.3 is 0 Å². The molecule has 0 spiro atoms. The highest BCUT2D eigenvalue weighted by atomic mass is 79.9. The van der Waals surface area contributed by atoms with Gasteiger partial charge in [0, 0.05) is 23.7 Å². The molecule has 0 saturated heterocycles. The Bertz CT molecular complexity index is 343. The number of hydrogen-bond donors (Lipinski definition) is 1. The van der Waals surface area contributed by atoms with E-state index < -0.39 is 0 Å². The highest BCUT2D eigenvalue weighted by Gasteiger charge is 2.10. The van der Waals surface area contributed by atoms with Crippen LogP contribution in [0.15, 0.2) is 28.7 Å². The first-order chi connectivity index (χ1) is 9.17. The van der Waals surface area contributed by atoms with E-state index in [0.717, 1.165) is 37.2 Å². The zero-order chi connectivity index (χ0) is 14.1. The number of benzene rings is 1. The molecule has 0 heterocycles. The van der Waals surface area contributed by atoms with Crippen LogP contribution in [-0.4, -0.2) is 45.3 Å². The molecule has 0 saturated carbocycles. The third kappa shape index (κ3) is 6.52. The van der Waals surface area contributed by atoms with E-state index in [4.69, 9.17) is 4.74 Å². The Hall–Kier alpha value is -0.420. The van der Waals surface area contributed by atoms with Crippen LogP contribution >= 0.6 is 15.9 Å². The van der Waals surface area contributed by atoms with Gasteiger partial charge in [-0.1, -0.05) is 28.1 Å². The van der Waals surface area contributed by atoms with Crippen molar-refractivity contribution in [1.82, 2.24) is 10.2 Å². The van der Waals surface area contributed by atoms with E-state index in [1.165, 1.54) is 5.56 Å². The van der Waals surface area contributed by atoms with E-state index in [2.05, 4.69) is 57.5 Å². The lowest BCUT2D eigenvalue weighted by Crippen LogP contribution is -2.28. The molecule has 19 heavy (non-hydrogen) atoms. The number of nitrogens with zero attached hydrogens (tertiary/aromatic N) is 1. The van der Waals surface area contributed by atoms with E-state index in [9.17, 15) is 0 Å². The lowest BCUT2D eigenvalue weighted by atomic mass is 10.0. The average Bonchev–Trinajstić information content (AvgIpc) is 2.41. The zero-order valence-corrected chi connectivity index (χ0v) is 13.7. The van der Waals surface area contributed by atoms with Gasteiger partial charge in [-0.3, -0.25) is 0 Å². The van der Waals surface area contributed by atoms with Crippen LogP contribution in [-0.2, 0) is 4.74 Å². The summed E-state index contributed by atoms with van der Waals surface area (Å²) in [6, 6.07) is 8.94. The maximum absolute atomic E-state index is 5.37. The molecule has 0 aliphatic heterocycles. The van der Waals surface area contributed by atoms with Crippen molar-refractivity contribution < 1.29 is 4.74 Å². The van der Waals surface area contributed by atoms with E-state index in [1.54, 1.807) is 0 Å². The number of ether oxygens (including phenoxy) is 1. The Morgan fingerprint density at radius 1 is 1.26 bits per heavy atom. The number of halogens is 1. The van der Waals surface area contributed by atoms with Gasteiger partial charge in [0.15, 0.2) is 0 Å². The second kappa shape index (κ2) is 9.48. The normalized spacial score (nSPS) is 12.9. The summed E-state index contributed by atoms with van der Waals surface area (Å²) in [5.74, 6) is 0. The average molecular weight is 329 g/mol. The predicted molar refractivity (Wildman–Crippen MR) is 84.5 cm³/mol. The molecule has 0 bridgehead atoms. The van der Waals surface area contributed by atoms with Gasteiger partial charge in [0.05, 0.1) is 6.61 Å². The molecule has 0 aliphatic rings. The summed E-state index contributed by atoms with van der Waals surface area (Å²) in [6.45, 7) is 5.70. The summed E-state index contributed by atoms with van der Waals surface area (Å²) in [4.78, 5) is 2.32. The van der Waals surface area contributed by atoms with Crippen LogP contribution in [0.4, 0.5) is 0 Å². The molecule has 1 aromatic rings. The maximum atomic E-state index is 5.37. The Kier molecular flexibility index (Phi) is 8.30. The standard InChI is InChI=1S/C15H25BrN2O/c1-4-19-12-11-18(3)10-9-15(17-2)13-5-7-14(16)8-6-13/h5-8,15,17H,4,9-12H2,1-3H3. The fraction of sp³-hybridized carbons (Fsp3) is 0.600. The first kappa shape index (κ1) is 16.6. The molecule has 0 aromatic heterocycles. The minimum Gasteiger partial charge on any atom is -0.380 e. The van der Waals surface area contributed by atoms with Gasteiger partial charge in [0.25, 0.3) is 0 Å². The highest BCUT2D eigenvalue weighted by molar-refractivity contribution is 9.10. The Morgan fingerprint density at radius 2 is 1.95 bits per heavy atom. The van der Waals surface area contributed by atoms with Crippen molar-refractivity contribution in [2.75, 3.05) is 40.4 Å². The molecule has 1 aromatic carbocycles. The minimum atomic E-state index is 0.405. The van der Waals surface area contributed by atoms with Crippen molar-refractivity contribution >= 4 is 15.9 Å². The van der Waals surface area contributed by atoms with Crippen LogP contribution in [0.3, 0.4) is 0 Å². The third-order valence-corrected chi connectivity index (χ3v) is 3.77. The summed E-state index contributed by atoms with van der Waals surface area (Å²) >= 11 is 3.47. The van der Waals surface area contributed by atoms with E-state index in [1.807, 2.05) is 14.0 Å². The summed E-state index contributed by atoms with van der Waals surface area (Å²) in [6.07, 6.45) is 1.10. The number of rotatable bonds is 9. The summed E-state index contributed by atoms with van der Waals surface area (Å²) in [7, 11) is 4.17. The van der Waals surface area contributed by atoms with Gasteiger partial charge in [-0.05, 0) is 51.7 Å². The second-order valence-corrected chi connectivity index (χ2v) is 5.60. The van der Waals surface area contributed by atoms with Gasteiger partial charge in [-0.25, -0.2) is 0 Å². The Balaban J connectivity index is 2.38. The molecular weight excluding hydrogens is 304 g/mol. The van der Waals surface area contributed by atoms with E-state index in [0.29, 0.717) is 6.04 Å². The summed E-state index contributed by atoms with van der Waals surface area (Å²) in [5, 5.41) is 3.39. The fourth-order valence-corrected chi connectivity index (χ4v) is 2.26. The monoisotopic (exact) mass is 328 g/mol. The summed E-state index contributed by atoms with van der Waals surface area (Å²) < 4.78 is 6.50. The van der Waals surface area contributed by atoms with Gasteiger partial charge in [-0.2, -0.15) is 0 Å². The first-order valence-electron chi connectivity index (χ1n) is 6.86. The van der Waals surface area contributed by atoms with Gasteiger partial charge in [0.1, 0.15) is 0 Å². The van der Waals surface area contributed by atoms with Gasteiger partial charge < -0.3 is 15.0 Å². The minimum absolute atomic E-state index is 0.405. The molecule has 0 fully saturated rings. The van der Waals surface area contributed by atoms with Crippen LogP contribution in [0.1, 0.15) is 24.9 Å². The van der Waals surface area contributed by atoms with Crippen molar-refractivity contribution in [3.8, 4) is 0 Å². The fourth-order valence-electron chi connectivity index (χ4n) is 2.00. The summed E-state index contributed by atoms with van der Waals surface area (Å²) in [5.41, 5.74) is 1.34. The molecule has 0 amide bonds. The molecule has 3 nitrogen and oxygen atoms in total. The Labute approximate surface area is 125 Å². The van der Waals surface area contributed by atoms with Crippen LogP contribution in [0.25, 0.3) is 0 Å². The molecule has 1 rings (SSSR count). The smallest absolute Gasteiger partial charge is 0.0593 e.